The van der Waals surface area contributed by atoms with E-state index in [0.29, 0.717) is 12.0 Å². The zero-order valence-corrected chi connectivity index (χ0v) is 19.7. The normalized spacial score (nSPS) is 25.6. The quantitative estimate of drug-likeness (QED) is 0.552. The van der Waals surface area contributed by atoms with Crippen molar-refractivity contribution < 1.29 is 14.5 Å². The van der Waals surface area contributed by atoms with E-state index in [-0.39, 0.29) is 0 Å². The minimum absolute atomic E-state index is 0.454. The van der Waals surface area contributed by atoms with Gasteiger partial charge in [-0.05, 0) is 30.4 Å². The Kier molecular flexibility index (Phi) is 5.58. The Morgan fingerprint density at radius 2 is 2.00 bits per heavy atom. The van der Waals surface area contributed by atoms with Gasteiger partial charge in [0.1, 0.15) is 14.1 Å². The van der Waals surface area contributed by atoms with E-state index in [1.807, 2.05) is 12.2 Å². The SMILES string of the molecule is CN(C)C1=CC2=C(CC1)C(C1=CC=CCC1C(=O)O)=C1C=CC(=[N+](C)C)CC1[Si-]2C. The monoisotopic (exact) mass is 420 g/mol. The fraction of sp³-hybridized carbons (Fsp3) is 0.440. The van der Waals surface area contributed by atoms with Gasteiger partial charge in [-0.1, -0.05) is 41.5 Å². The summed E-state index contributed by atoms with van der Waals surface area (Å²) in [7, 11) is 7.68. The predicted octanol–water partition coefficient (Wildman–Crippen LogP) is 4.13. The van der Waals surface area contributed by atoms with Crippen molar-refractivity contribution in [2.24, 2.45) is 5.92 Å². The number of fused-ring (bicyclic) bond motifs is 1. The lowest BCUT2D eigenvalue weighted by molar-refractivity contribution is -0.464. The van der Waals surface area contributed by atoms with Gasteiger partial charge in [0.15, 0.2) is 5.71 Å². The average Bonchev–Trinajstić information content (AvgIpc) is 2.73. The Morgan fingerprint density at radius 1 is 1.23 bits per heavy atom. The third kappa shape index (κ3) is 3.49. The summed E-state index contributed by atoms with van der Waals surface area (Å²) in [4.78, 5) is 14.4. The predicted molar refractivity (Wildman–Crippen MR) is 124 cm³/mol. The first-order chi connectivity index (χ1) is 14.3. The zero-order valence-electron chi connectivity index (χ0n) is 18.7. The molecule has 5 heteroatoms. The van der Waals surface area contributed by atoms with Crippen LogP contribution in [0.25, 0.3) is 0 Å². The lowest BCUT2D eigenvalue weighted by Gasteiger charge is -2.49. The molecule has 2 unspecified atom stereocenters. The van der Waals surface area contributed by atoms with Gasteiger partial charge in [0, 0.05) is 32.3 Å². The van der Waals surface area contributed by atoms with Gasteiger partial charge in [-0.2, -0.15) is 11.7 Å². The smallest absolute Gasteiger partial charge is 0.311 e. The average molecular weight is 421 g/mol. The molecular weight excluding hydrogens is 388 g/mol. The van der Waals surface area contributed by atoms with Gasteiger partial charge in [0.2, 0.25) is 0 Å². The number of nitrogens with zero attached hydrogens (tertiary/aromatic N) is 2. The summed E-state index contributed by atoms with van der Waals surface area (Å²) >= 11 is 0. The molecule has 0 amide bonds. The van der Waals surface area contributed by atoms with E-state index in [4.69, 9.17) is 0 Å². The van der Waals surface area contributed by atoms with Gasteiger partial charge in [-0.25, -0.2) is 4.58 Å². The van der Waals surface area contributed by atoms with Crippen molar-refractivity contribution in [2.75, 3.05) is 28.2 Å². The number of hydrogen-bond donors (Lipinski definition) is 1. The largest absolute Gasteiger partial charge is 0.481 e. The standard InChI is InChI=1S/C25H32N2O2Si/c1-26(2)16-10-12-20-22(14-16)30(5)23-15-17(27(3)4)11-13-21(23)24(20)18-8-6-7-9-19(18)25(28)29/h6-8,10,12,15,19,22H,9,11,13-14H2,1-5H3,(H,28,29). The highest BCUT2D eigenvalue weighted by Crippen LogP contribution is 2.50. The Balaban J connectivity index is 1.95. The van der Waals surface area contributed by atoms with Crippen molar-refractivity contribution >= 4 is 20.5 Å². The maximum Gasteiger partial charge on any atom is 0.311 e. The Morgan fingerprint density at radius 3 is 2.67 bits per heavy atom. The van der Waals surface area contributed by atoms with Crippen molar-refractivity contribution in [3.8, 4) is 0 Å². The van der Waals surface area contributed by atoms with E-state index in [2.05, 4.69) is 68.5 Å². The van der Waals surface area contributed by atoms with Crippen LogP contribution in [0, 0.1) is 5.92 Å². The molecule has 4 rings (SSSR count). The Labute approximate surface area is 181 Å². The second kappa shape index (κ2) is 8.03. The molecule has 3 aliphatic carbocycles. The van der Waals surface area contributed by atoms with Crippen molar-refractivity contribution in [1.29, 1.82) is 0 Å². The fourth-order valence-electron chi connectivity index (χ4n) is 5.17. The third-order valence-corrected chi connectivity index (χ3v) is 9.80. The molecule has 0 aromatic carbocycles. The van der Waals surface area contributed by atoms with Crippen molar-refractivity contribution in [3.63, 3.8) is 0 Å². The van der Waals surface area contributed by atoms with E-state index in [9.17, 15) is 9.90 Å². The van der Waals surface area contributed by atoms with Crippen LogP contribution in [-0.4, -0.2) is 63.3 Å². The van der Waals surface area contributed by atoms with Gasteiger partial charge in [0.25, 0.3) is 0 Å². The molecule has 1 N–H and O–H groups in total. The first-order valence-electron chi connectivity index (χ1n) is 10.8. The summed E-state index contributed by atoms with van der Waals surface area (Å²) in [5.41, 5.74) is 8.26. The summed E-state index contributed by atoms with van der Waals surface area (Å²) in [6, 6.07) is 0. The number of carbonyl (C=O) groups is 1. The zero-order chi connectivity index (χ0) is 21.6. The van der Waals surface area contributed by atoms with Crippen LogP contribution in [0.15, 0.2) is 69.6 Å². The second-order valence-electron chi connectivity index (χ2n) is 9.09. The molecule has 4 aliphatic rings. The second-order valence-corrected chi connectivity index (χ2v) is 11.7. The van der Waals surface area contributed by atoms with Crippen LogP contribution in [0.4, 0.5) is 0 Å². The molecule has 0 aromatic heterocycles. The van der Waals surface area contributed by atoms with E-state index in [0.717, 1.165) is 24.8 Å². The highest BCUT2D eigenvalue weighted by molar-refractivity contribution is 6.69. The highest BCUT2D eigenvalue weighted by Gasteiger charge is 2.35. The molecule has 1 aliphatic heterocycles. The molecule has 0 spiro atoms. The van der Waals surface area contributed by atoms with Crippen LogP contribution < -0.4 is 0 Å². The minimum atomic E-state index is -0.801. The first-order valence-corrected chi connectivity index (χ1v) is 12.9. The molecule has 0 aromatic rings. The number of carboxylic acids is 1. The van der Waals surface area contributed by atoms with Crippen molar-refractivity contribution in [2.45, 2.75) is 37.8 Å². The summed E-state index contributed by atoms with van der Waals surface area (Å²) in [5.74, 6) is -1.17. The molecular formula is C25H32N2O2Si. The molecule has 2 atom stereocenters. The molecule has 0 saturated heterocycles. The maximum atomic E-state index is 12.1. The summed E-state index contributed by atoms with van der Waals surface area (Å²) in [6.45, 7) is 2.45. The number of rotatable bonds is 3. The van der Waals surface area contributed by atoms with Crippen LogP contribution >= 0.6 is 0 Å². The molecule has 0 radical (unpaired) electrons. The van der Waals surface area contributed by atoms with Gasteiger partial charge >= 0.3 is 5.97 Å². The first kappa shape index (κ1) is 20.9. The maximum absolute atomic E-state index is 12.1. The molecule has 30 heavy (non-hydrogen) atoms. The molecule has 158 valence electrons. The van der Waals surface area contributed by atoms with Gasteiger partial charge in [-0.3, -0.25) is 13.6 Å². The van der Waals surface area contributed by atoms with Gasteiger partial charge in [0.05, 0.1) is 5.92 Å². The van der Waals surface area contributed by atoms with Crippen LogP contribution in [0.3, 0.4) is 0 Å². The summed E-state index contributed by atoms with van der Waals surface area (Å²) < 4.78 is 2.22. The summed E-state index contributed by atoms with van der Waals surface area (Å²) in [6.07, 6.45) is 16.7. The Bertz CT molecular complexity index is 1000. The minimum Gasteiger partial charge on any atom is -0.481 e. The van der Waals surface area contributed by atoms with E-state index in [1.54, 1.807) is 0 Å². The van der Waals surface area contributed by atoms with E-state index < -0.39 is 20.7 Å². The number of allylic oxidation sites excluding steroid dienone is 11. The lowest BCUT2D eigenvalue weighted by Crippen LogP contribution is -2.35. The van der Waals surface area contributed by atoms with Crippen LogP contribution in [0.1, 0.15) is 25.7 Å². The molecule has 4 nitrogen and oxygen atoms in total. The molecule has 0 fully saturated rings. The van der Waals surface area contributed by atoms with Crippen molar-refractivity contribution in [1.82, 2.24) is 4.90 Å². The molecule has 0 saturated carbocycles. The topological polar surface area (TPSA) is 43.6 Å². The highest BCUT2D eigenvalue weighted by atomic mass is 28.3. The lowest BCUT2D eigenvalue weighted by atomic mass is 9.77. The van der Waals surface area contributed by atoms with Gasteiger partial charge in [-0.15, -0.1) is 5.54 Å². The fourth-order valence-corrected chi connectivity index (χ4v) is 7.88. The third-order valence-electron chi connectivity index (χ3n) is 6.94. The molecule has 0 bridgehead atoms. The van der Waals surface area contributed by atoms with Crippen LogP contribution in [0.2, 0.25) is 12.1 Å². The summed E-state index contributed by atoms with van der Waals surface area (Å²) in [5, 5.41) is 11.5. The van der Waals surface area contributed by atoms with Gasteiger partial charge < -0.3 is 10.0 Å². The van der Waals surface area contributed by atoms with Crippen molar-refractivity contribution in [3.05, 3.63) is 69.6 Å². The molecule has 1 heterocycles. The number of hydrogen-bond acceptors (Lipinski definition) is 2. The van der Waals surface area contributed by atoms with E-state index in [1.165, 1.54) is 33.3 Å². The van der Waals surface area contributed by atoms with Crippen LogP contribution in [-0.2, 0) is 4.79 Å². The number of aliphatic carboxylic acids is 1. The number of carboxylic acid groups (broad SMARTS) is 1. The Hall–Kier alpha value is -2.40. The van der Waals surface area contributed by atoms with E-state index >= 15 is 0 Å². The van der Waals surface area contributed by atoms with Crippen LogP contribution in [0.5, 0.6) is 0 Å².